The summed E-state index contributed by atoms with van der Waals surface area (Å²) in [6.45, 7) is 7.21. The lowest BCUT2D eigenvalue weighted by atomic mass is 10.1. The van der Waals surface area contributed by atoms with Crippen molar-refractivity contribution in [3.8, 4) is 10.6 Å². The van der Waals surface area contributed by atoms with Crippen molar-refractivity contribution in [2.24, 2.45) is 0 Å². The van der Waals surface area contributed by atoms with Crippen molar-refractivity contribution in [1.82, 2.24) is 10.3 Å². The molecule has 0 fully saturated rings. The van der Waals surface area contributed by atoms with Gasteiger partial charge in [0, 0.05) is 22.7 Å². The van der Waals surface area contributed by atoms with Crippen molar-refractivity contribution in [2.45, 2.75) is 33.2 Å². The molecular formula is C15H19FN2S. The van der Waals surface area contributed by atoms with Gasteiger partial charge in [0.25, 0.3) is 0 Å². The second-order valence-electron chi connectivity index (χ2n) is 4.70. The molecular weight excluding hydrogens is 259 g/mol. The summed E-state index contributed by atoms with van der Waals surface area (Å²) in [6.07, 6.45) is 3.03. The maximum Gasteiger partial charge on any atom is 0.123 e. The van der Waals surface area contributed by atoms with E-state index in [0.29, 0.717) is 6.04 Å². The summed E-state index contributed by atoms with van der Waals surface area (Å²) in [5.41, 5.74) is 1.94. The fraction of sp³-hybridized carbons (Fsp3) is 0.400. The predicted octanol–water partition coefficient (Wildman–Crippen LogP) is 4.32. The van der Waals surface area contributed by atoms with Crippen molar-refractivity contribution in [1.29, 1.82) is 0 Å². The van der Waals surface area contributed by atoms with Crippen LogP contribution in [0.15, 0.2) is 24.4 Å². The number of benzene rings is 1. The Labute approximate surface area is 117 Å². The first kappa shape index (κ1) is 14.2. The van der Waals surface area contributed by atoms with Crippen LogP contribution in [0.5, 0.6) is 0 Å². The molecule has 2 nitrogen and oxygen atoms in total. The molecule has 0 bridgehead atoms. The standard InChI is InChI=1S/C15H19FN2S/c1-4-7-17-11(3)14-9-18-15(19-14)13-6-5-12(16)8-10(13)2/h5-6,8-9,11,17H,4,7H2,1-3H3. The molecule has 0 saturated carbocycles. The van der Waals surface area contributed by atoms with Crippen LogP contribution >= 0.6 is 11.3 Å². The number of hydrogen-bond donors (Lipinski definition) is 1. The van der Waals surface area contributed by atoms with E-state index in [1.165, 1.54) is 10.9 Å². The Balaban J connectivity index is 2.20. The van der Waals surface area contributed by atoms with Crippen LogP contribution in [0, 0.1) is 12.7 Å². The lowest BCUT2D eigenvalue weighted by Gasteiger charge is -2.09. The Kier molecular flexibility index (Phi) is 4.66. The third-order valence-corrected chi connectivity index (χ3v) is 4.28. The van der Waals surface area contributed by atoms with Gasteiger partial charge in [0.15, 0.2) is 0 Å². The molecule has 0 aliphatic rings. The van der Waals surface area contributed by atoms with Crippen LogP contribution < -0.4 is 5.32 Å². The molecule has 0 saturated heterocycles. The number of hydrogen-bond acceptors (Lipinski definition) is 3. The number of nitrogens with zero attached hydrogens (tertiary/aromatic N) is 1. The van der Waals surface area contributed by atoms with Gasteiger partial charge in [0.2, 0.25) is 0 Å². The lowest BCUT2D eigenvalue weighted by Crippen LogP contribution is -2.18. The Morgan fingerprint density at radius 3 is 2.89 bits per heavy atom. The Morgan fingerprint density at radius 1 is 1.42 bits per heavy atom. The molecule has 2 rings (SSSR count). The van der Waals surface area contributed by atoms with Gasteiger partial charge in [-0.15, -0.1) is 11.3 Å². The summed E-state index contributed by atoms with van der Waals surface area (Å²) in [6, 6.07) is 5.15. The molecule has 102 valence electrons. The molecule has 1 aromatic carbocycles. The van der Waals surface area contributed by atoms with Gasteiger partial charge >= 0.3 is 0 Å². The molecule has 1 aromatic heterocycles. The van der Waals surface area contributed by atoms with Crippen LogP contribution in [0.25, 0.3) is 10.6 Å². The first-order chi connectivity index (χ1) is 9.11. The topological polar surface area (TPSA) is 24.9 Å². The lowest BCUT2D eigenvalue weighted by molar-refractivity contribution is 0.577. The molecule has 2 aromatic rings. The zero-order chi connectivity index (χ0) is 13.8. The minimum atomic E-state index is -0.198. The van der Waals surface area contributed by atoms with E-state index in [4.69, 9.17) is 0 Å². The first-order valence-electron chi connectivity index (χ1n) is 6.57. The number of rotatable bonds is 5. The highest BCUT2D eigenvalue weighted by Gasteiger charge is 2.12. The third kappa shape index (κ3) is 3.39. The Hall–Kier alpha value is -1.26. The number of aromatic nitrogens is 1. The average molecular weight is 278 g/mol. The highest BCUT2D eigenvalue weighted by molar-refractivity contribution is 7.15. The summed E-state index contributed by atoms with van der Waals surface area (Å²) >= 11 is 1.67. The zero-order valence-electron chi connectivity index (χ0n) is 11.5. The Morgan fingerprint density at radius 2 is 2.21 bits per heavy atom. The normalized spacial score (nSPS) is 12.6. The van der Waals surface area contributed by atoms with Crippen molar-refractivity contribution >= 4 is 11.3 Å². The van der Waals surface area contributed by atoms with Gasteiger partial charge in [0.1, 0.15) is 10.8 Å². The number of thiazole rings is 1. The molecule has 0 aliphatic heterocycles. The van der Waals surface area contributed by atoms with E-state index >= 15 is 0 Å². The fourth-order valence-electron chi connectivity index (χ4n) is 1.94. The fourth-order valence-corrected chi connectivity index (χ4v) is 2.97. The number of nitrogens with one attached hydrogen (secondary N) is 1. The summed E-state index contributed by atoms with van der Waals surface area (Å²) in [4.78, 5) is 5.68. The van der Waals surface area contributed by atoms with Crippen LogP contribution in [-0.4, -0.2) is 11.5 Å². The van der Waals surface area contributed by atoms with Gasteiger partial charge < -0.3 is 5.32 Å². The van der Waals surface area contributed by atoms with Crippen LogP contribution in [0.4, 0.5) is 4.39 Å². The summed E-state index contributed by atoms with van der Waals surface area (Å²) in [5.74, 6) is -0.198. The highest BCUT2D eigenvalue weighted by Crippen LogP contribution is 2.30. The van der Waals surface area contributed by atoms with E-state index < -0.39 is 0 Å². The van der Waals surface area contributed by atoms with Crippen LogP contribution in [0.1, 0.15) is 36.8 Å². The van der Waals surface area contributed by atoms with E-state index in [1.807, 2.05) is 13.1 Å². The van der Waals surface area contributed by atoms with E-state index in [1.54, 1.807) is 23.5 Å². The maximum absolute atomic E-state index is 13.1. The Bertz CT molecular complexity index is 551. The maximum atomic E-state index is 13.1. The zero-order valence-corrected chi connectivity index (χ0v) is 12.4. The highest BCUT2D eigenvalue weighted by atomic mass is 32.1. The minimum Gasteiger partial charge on any atom is -0.309 e. The SMILES string of the molecule is CCCNC(C)c1cnc(-c2ccc(F)cc2C)s1. The minimum absolute atomic E-state index is 0.198. The molecule has 1 heterocycles. The quantitative estimate of drug-likeness (QED) is 0.881. The van der Waals surface area contributed by atoms with Gasteiger partial charge in [-0.1, -0.05) is 6.92 Å². The molecule has 4 heteroatoms. The molecule has 0 spiro atoms. The van der Waals surface area contributed by atoms with E-state index in [-0.39, 0.29) is 5.82 Å². The van der Waals surface area contributed by atoms with Crippen LogP contribution in [-0.2, 0) is 0 Å². The van der Waals surface area contributed by atoms with E-state index in [0.717, 1.165) is 29.1 Å². The summed E-state index contributed by atoms with van der Waals surface area (Å²) < 4.78 is 13.1. The third-order valence-electron chi connectivity index (χ3n) is 3.07. The van der Waals surface area contributed by atoms with E-state index in [2.05, 4.69) is 24.1 Å². The van der Waals surface area contributed by atoms with Gasteiger partial charge in [0.05, 0.1) is 0 Å². The van der Waals surface area contributed by atoms with Gasteiger partial charge in [-0.2, -0.15) is 0 Å². The summed E-state index contributed by atoms with van der Waals surface area (Å²) in [5, 5.41) is 4.40. The molecule has 1 unspecified atom stereocenters. The van der Waals surface area contributed by atoms with Gasteiger partial charge in [-0.25, -0.2) is 9.37 Å². The van der Waals surface area contributed by atoms with Gasteiger partial charge in [-0.3, -0.25) is 0 Å². The molecule has 0 aliphatic carbocycles. The van der Waals surface area contributed by atoms with Crippen LogP contribution in [0.3, 0.4) is 0 Å². The van der Waals surface area contributed by atoms with Crippen LogP contribution in [0.2, 0.25) is 0 Å². The largest absolute Gasteiger partial charge is 0.309 e. The van der Waals surface area contributed by atoms with E-state index in [9.17, 15) is 4.39 Å². The van der Waals surface area contributed by atoms with Gasteiger partial charge in [-0.05, 0) is 50.6 Å². The number of aryl methyl sites for hydroxylation is 1. The smallest absolute Gasteiger partial charge is 0.123 e. The van der Waals surface area contributed by atoms with Crippen molar-refractivity contribution in [3.05, 3.63) is 40.7 Å². The molecule has 19 heavy (non-hydrogen) atoms. The number of halogens is 1. The second-order valence-corrected chi connectivity index (χ2v) is 5.77. The van der Waals surface area contributed by atoms with Crippen molar-refractivity contribution in [2.75, 3.05) is 6.54 Å². The predicted molar refractivity (Wildman–Crippen MR) is 79.0 cm³/mol. The van der Waals surface area contributed by atoms with Crippen molar-refractivity contribution in [3.63, 3.8) is 0 Å². The first-order valence-corrected chi connectivity index (χ1v) is 7.39. The summed E-state index contributed by atoms with van der Waals surface area (Å²) in [7, 11) is 0. The molecule has 0 radical (unpaired) electrons. The average Bonchev–Trinajstić information content (AvgIpc) is 2.85. The molecule has 1 atom stereocenters. The second kappa shape index (κ2) is 6.26. The molecule has 1 N–H and O–H groups in total. The van der Waals surface area contributed by atoms with Crippen molar-refractivity contribution < 1.29 is 4.39 Å². The molecule has 0 amide bonds. The monoisotopic (exact) mass is 278 g/mol.